The minimum Gasteiger partial charge on any atom is -0.311 e. The number of hydrogen-bond acceptors (Lipinski definition) is 1. The lowest BCUT2D eigenvalue weighted by molar-refractivity contribution is -0.0962. The highest BCUT2D eigenvalue weighted by atomic mass is 15.0. The van der Waals surface area contributed by atoms with Gasteiger partial charge in [-0.15, -0.1) is 6.58 Å². The summed E-state index contributed by atoms with van der Waals surface area (Å²) in [6.45, 7) is 10.5. The Morgan fingerprint density at radius 1 is 1.09 bits per heavy atom. The molecule has 22 heavy (non-hydrogen) atoms. The largest absolute Gasteiger partial charge is 0.311 e. The van der Waals surface area contributed by atoms with Crippen LogP contribution in [0.5, 0.6) is 0 Å². The van der Waals surface area contributed by atoms with Gasteiger partial charge in [0.05, 0.1) is 0 Å². The van der Waals surface area contributed by atoms with Crippen LogP contribution < -0.4 is 5.32 Å². The van der Waals surface area contributed by atoms with E-state index in [2.05, 4.69) is 31.8 Å². The van der Waals surface area contributed by atoms with E-state index in [-0.39, 0.29) is 0 Å². The molecular formula is C21H35N. The molecule has 1 N–H and O–H groups in total. The van der Waals surface area contributed by atoms with E-state index >= 15 is 0 Å². The molecule has 0 aromatic heterocycles. The summed E-state index contributed by atoms with van der Waals surface area (Å²) in [4.78, 5) is 0. The van der Waals surface area contributed by atoms with Crippen LogP contribution >= 0.6 is 0 Å². The molecule has 124 valence electrons. The second-order valence-electron chi connectivity index (χ2n) is 9.44. The second-order valence-corrected chi connectivity index (χ2v) is 9.44. The second kappa shape index (κ2) is 5.36. The molecular weight excluding hydrogens is 266 g/mol. The molecule has 0 radical (unpaired) electrons. The topological polar surface area (TPSA) is 12.0 Å². The number of fused-ring (bicyclic) bond motifs is 5. The molecule has 4 fully saturated rings. The Hall–Kier alpha value is -0.300. The van der Waals surface area contributed by atoms with Crippen LogP contribution in [-0.4, -0.2) is 12.1 Å². The van der Waals surface area contributed by atoms with Crippen LogP contribution in [0.3, 0.4) is 0 Å². The van der Waals surface area contributed by atoms with Gasteiger partial charge in [-0.1, -0.05) is 25.8 Å². The van der Waals surface area contributed by atoms with Crippen LogP contribution in [0.25, 0.3) is 0 Å². The van der Waals surface area contributed by atoms with Crippen molar-refractivity contribution in [1.29, 1.82) is 0 Å². The molecule has 1 heterocycles. The van der Waals surface area contributed by atoms with Gasteiger partial charge in [0.1, 0.15) is 0 Å². The predicted octanol–water partition coefficient (Wildman–Crippen LogP) is 5.17. The fraction of sp³-hybridized carbons (Fsp3) is 0.905. The third kappa shape index (κ3) is 2.07. The molecule has 1 nitrogen and oxygen atoms in total. The highest BCUT2D eigenvalue weighted by Crippen LogP contribution is 2.63. The van der Waals surface area contributed by atoms with Crippen molar-refractivity contribution in [3.8, 4) is 0 Å². The minimum atomic E-state index is 0.423. The third-order valence-corrected chi connectivity index (χ3v) is 8.58. The molecule has 0 aromatic carbocycles. The fourth-order valence-electron chi connectivity index (χ4n) is 7.56. The van der Waals surface area contributed by atoms with Crippen LogP contribution in [0.4, 0.5) is 0 Å². The van der Waals surface area contributed by atoms with Crippen molar-refractivity contribution < 1.29 is 0 Å². The summed E-state index contributed by atoms with van der Waals surface area (Å²) in [6.07, 6.45) is 15.4. The zero-order valence-electron chi connectivity index (χ0n) is 14.7. The summed E-state index contributed by atoms with van der Waals surface area (Å²) in [6, 6.07) is 0. The van der Waals surface area contributed by atoms with E-state index in [0.717, 1.165) is 29.6 Å². The molecule has 4 rings (SSSR count). The van der Waals surface area contributed by atoms with Gasteiger partial charge in [-0.3, -0.25) is 0 Å². The van der Waals surface area contributed by atoms with Crippen LogP contribution in [0.2, 0.25) is 0 Å². The highest BCUT2D eigenvalue weighted by molar-refractivity contribution is 5.12. The Morgan fingerprint density at radius 2 is 1.95 bits per heavy atom. The minimum absolute atomic E-state index is 0.423. The Bertz CT molecular complexity index is 443. The maximum Gasteiger partial charge on any atom is 0.0187 e. The van der Waals surface area contributed by atoms with Gasteiger partial charge in [0.25, 0.3) is 0 Å². The standard InChI is InChI=1S/C21H35N/c1-4-7-15-14-22-21(3)13-11-18-17(19(15)21)10-9-16-8-5-6-12-20(16,18)2/h4,15-19,22H,1,5-14H2,2-3H3/t15?,16?,17-,18-,19+,20+,21+/m1/s1. The van der Waals surface area contributed by atoms with Gasteiger partial charge in [-0.2, -0.15) is 0 Å². The maximum absolute atomic E-state index is 4.04. The molecule has 0 aromatic rings. The number of hydrogen-bond donors (Lipinski definition) is 1. The van der Waals surface area contributed by atoms with Crippen molar-refractivity contribution in [1.82, 2.24) is 5.32 Å². The molecule has 7 atom stereocenters. The van der Waals surface area contributed by atoms with E-state index in [4.69, 9.17) is 0 Å². The highest BCUT2D eigenvalue weighted by Gasteiger charge is 2.59. The van der Waals surface area contributed by atoms with Gasteiger partial charge in [0.2, 0.25) is 0 Å². The molecule has 1 heteroatoms. The summed E-state index contributed by atoms with van der Waals surface area (Å²) in [5.74, 6) is 4.79. The van der Waals surface area contributed by atoms with Crippen LogP contribution in [0.1, 0.15) is 71.6 Å². The van der Waals surface area contributed by atoms with Gasteiger partial charge >= 0.3 is 0 Å². The van der Waals surface area contributed by atoms with E-state index < -0.39 is 0 Å². The Morgan fingerprint density at radius 3 is 2.77 bits per heavy atom. The van der Waals surface area contributed by atoms with Crippen LogP contribution in [0.15, 0.2) is 12.7 Å². The Labute approximate surface area is 137 Å². The van der Waals surface area contributed by atoms with Crippen molar-refractivity contribution in [2.45, 2.75) is 77.2 Å². The van der Waals surface area contributed by atoms with Crippen molar-refractivity contribution in [2.24, 2.45) is 35.0 Å². The predicted molar refractivity (Wildman–Crippen MR) is 93.7 cm³/mol. The molecule has 3 saturated carbocycles. The summed E-state index contributed by atoms with van der Waals surface area (Å²) in [5.41, 5.74) is 1.09. The monoisotopic (exact) mass is 301 g/mol. The molecule has 0 amide bonds. The van der Waals surface area contributed by atoms with Gasteiger partial charge < -0.3 is 5.32 Å². The Balaban J connectivity index is 1.65. The van der Waals surface area contributed by atoms with Crippen molar-refractivity contribution in [3.05, 3.63) is 12.7 Å². The molecule has 0 spiro atoms. The molecule has 2 unspecified atom stereocenters. The van der Waals surface area contributed by atoms with Crippen LogP contribution in [0, 0.1) is 35.0 Å². The van der Waals surface area contributed by atoms with E-state index in [9.17, 15) is 0 Å². The van der Waals surface area contributed by atoms with Gasteiger partial charge in [-0.25, -0.2) is 0 Å². The van der Waals surface area contributed by atoms with E-state index in [1.807, 2.05) is 0 Å². The van der Waals surface area contributed by atoms with Crippen LogP contribution in [-0.2, 0) is 0 Å². The lowest BCUT2D eigenvalue weighted by Crippen LogP contribution is -2.57. The SMILES string of the molecule is C=CCC1CN[C@@]2(C)CC[C@@H]3[C@@H](CCC4CCCC[C@@]43C)[C@H]12. The molecule has 1 saturated heterocycles. The average molecular weight is 302 g/mol. The van der Waals surface area contributed by atoms with Crippen molar-refractivity contribution in [3.63, 3.8) is 0 Å². The normalized spacial score (nSPS) is 54.2. The zero-order chi connectivity index (χ0) is 15.4. The smallest absolute Gasteiger partial charge is 0.0187 e. The first-order chi connectivity index (χ1) is 10.6. The lowest BCUT2D eigenvalue weighted by Gasteiger charge is -2.60. The number of rotatable bonds is 2. The molecule has 3 aliphatic carbocycles. The Kier molecular flexibility index (Phi) is 3.72. The summed E-state index contributed by atoms with van der Waals surface area (Å²) in [5, 5.41) is 3.94. The summed E-state index contributed by atoms with van der Waals surface area (Å²) in [7, 11) is 0. The quantitative estimate of drug-likeness (QED) is 0.694. The van der Waals surface area contributed by atoms with Gasteiger partial charge in [0, 0.05) is 5.54 Å². The van der Waals surface area contributed by atoms with Crippen molar-refractivity contribution >= 4 is 0 Å². The third-order valence-electron chi connectivity index (χ3n) is 8.58. The zero-order valence-corrected chi connectivity index (χ0v) is 14.7. The maximum atomic E-state index is 4.04. The van der Waals surface area contributed by atoms with Crippen molar-refractivity contribution in [2.75, 3.05) is 6.54 Å². The first-order valence-corrected chi connectivity index (χ1v) is 9.94. The van der Waals surface area contributed by atoms with E-state index in [1.54, 1.807) is 0 Å². The van der Waals surface area contributed by atoms with E-state index in [1.165, 1.54) is 64.3 Å². The lowest BCUT2D eigenvalue weighted by atomic mass is 9.45. The average Bonchev–Trinajstić information content (AvgIpc) is 2.84. The molecule has 4 aliphatic rings. The molecule has 0 bridgehead atoms. The summed E-state index contributed by atoms with van der Waals surface area (Å²) < 4.78 is 0. The van der Waals surface area contributed by atoms with E-state index in [0.29, 0.717) is 11.0 Å². The fourth-order valence-corrected chi connectivity index (χ4v) is 7.56. The number of nitrogens with one attached hydrogen (secondary N) is 1. The number of allylic oxidation sites excluding steroid dienone is 1. The van der Waals surface area contributed by atoms with Gasteiger partial charge in [-0.05, 0) is 93.4 Å². The molecule has 1 aliphatic heterocycles. The first kappa shape index (κ1) is 15.2. The summed E-state index contributed by atoms with van der Waals surface area (Å²) >= 11 is 0. The first-order valence-electron chi connectivity index (χ1n) is 9.94. The van der Waals surface area contributed by atoms with Gasteiger partial charge in [0.15, 0.2) is 0 Å².